The Morgan fingerprint density at radius 2 is 1.69 bits per heavy atom. The van der Waals surface area contributed by atoms with E-state index in [4.69, 9.17) is 4.84 Å². The Balaban J connectivity index is 0.000000231. The van der Waals surface area contributed by atoms with Gasteiger partial charge in [0.15, 0.2) is 0 Å². The maximum atomic E-state index is 10.5. The number of rotatable bonds is 4. The highest BCUT2D eigenvalue weighted by Crippen LogP contribution is 2.23. The van der Waals surface area contributed by atoms with Gasteiger partial charge in [0.1, 0.15) is 6.29 Å². The van der Waals surface area contributed by atoms with E-state index < -0.39 is 0 Å². The normalized spacial score (nSPS) is 12.6. The summed E-state index contributed by atoms with van der Waals surface area (Å²) in [6, 6.07) is 21.7. The highest BCUT2D eigenvalue weighted by Gasteiger charge is 2.10. The van der Waals surface area contributed by atoms with Crippen molar-refractivity contribution >= 4 is 28.6 Å². The van der Waals surface area contributed by atoms with Gasteiger partial charge in [0.05, 0.1) is 23.5 Å². The topological polar surface area (TPSA) is 67.4 Å². The molecule has 0 aliphatic carbocycles. The highest BCUT2D eigenvalue weighted by atomic mass is 16.7. The molecule has 1 aliphatic heterocycles. The second-order valence-corrected chi connectivity index (χ2v) is 8.47. The minimum Gasteiger partial charge on any atom is -0.388 e. The standard InChI is InChI=1S/C15H13N3.C12H15NO2.C4H8.C2H6/c1-16-13-4-2-3-11(9-13)14-6-5-12-10-17-8-7-15(12)18-14;14-10-11-4-6-12(7-5-11)13-8-2-1-3-9-15-13;1-3-4-2;1-2/h2-10,16H,1H3;4-7,10H,1-3,8-9H2;3-4H,1-2H3;1-2H3/b;;4-3-;. The van der Waals surface area contributed by atoms with Crippen LogP contribution in [-0.4, -0.2) is 36.5 Å². The molecule has 6 nitrogen and oxygen atoms in total. The zero-order valence-electron chi connectivity index (χ0n) is 23.9. The molecule has 6 heteroatoms. The second-order valence-electron chi connectivity index (χ2n) is 8.47. The monoisotopic (exact) mass is 526 g/mol. The first-order chi connectivity index (χ1) is 19.2. The molecule has 0 bridgehead atoms. The van der Waals surface area contributed by atoms with Crippen molar-refractivity contribution in [3.05, 3.63) is 96.8 Å². The molecule has 2 aromatic heterocycles. The summed E-state index contributed by atoms with van der Waals surface area (Å²) in [5.41, 5.74) is 5.88. The molecule has 206 valence electrons. The molecule has 4 aromatic rings. The summed E-state index contributed by atoms with van der Waals surface area (Å²) in [5, 5.41) is 6.12. The average Bonchev–Trinajstić information content (AvgIpc) is 3.32. The summed E-state index contributed by atoms with van der Waals surface area (Å²) < 4.78 is 0. The van der Waals surface area contributed by atoms with Gasteiger partial charge in [0.25, 0.3) is 0 Å². The number of anilines is 2. The van der Waals surface area contributed by atoms with E-state index in [1.54, 1.807) is 6.20 Å². The molecule has 0 atom stereocenters. The maximum Gasteiger partial charge on any atom is 0.150 e. The SMILES string of the molecule is C/C=C\C.CC.CNc1cccc(-c2ccc3cnccc3n2)c1.O=Cc1ccc(N2CCCCCO2)cc1. The van der Waals surface area contributed by atoms with Crippen LogP contribution >= 0.6 is 0 Å². The number of carbonyl (C=O) groups is 1. The minimum atomic E-state index is 0.702. The number of hydrogen-bond donors (Lipinski definition) is 1. The van der Waals surface area contributed by atoms with Gasteiger partial charge >= 0.3 is 0 Å². The lowest BCUT2D eigenvalue weighted by atomic mass is 10.1. The van der Waals surface area contributed by atoms with Crippen LogP contribution in [0.4, 0.5) is 11.4 Å². The molecular formula is C33H42N4O2. The Bertz CT molecular complexity index is 1260. The number of nitrogens with zero attached hydrogens (tertiary/aromatic N) is 3. The number of nitrogens with one attached hydrogen (secondary N) is 1. The van der Waals surface area contributed by atoms with Crippen molar-refractivity contribution in [2.24, 2.45) is 0 Å². The van der Waals surface area contributed by atoms with Crippen molar-refractivity contribution in [1.29, 1.82) is 0 Å². The maximum absolute atomic E-state index is 10.5. The smallest absolute Gasteiger partial charge is 0.150 e. The molecule has 0 radical (unpaired) electrons. The first-order valence-corrected chi connectivity index (χ1v) is 13.7. The van der Waals surface area contributed by atoms with E-state index in [0.29, 0.717) is 5.56 Å². The van der Waals surface area contributed by atoms with E-state index in [0.717, 1.165) is 65.8 Å². The van der Waals surface area contributed by atoms with Gasteiger partial charge in [-0.3, -0.25) is 19.7 Å². The van der Waals surface area contributed by atoms with Crippen molar-refractivity contribution in [1.82, 2.24) is 9.97 Å². The van der Waals surface area contributed by atoms with Crippen LogP contribution < -0.4 is 10.4 Å². The molecule has 1 fully saturated rings. The number of benzene rings is 2. The first-order valence-electron chi connectivity index (χ1n) is 13.7. The third kappa shape index (κ3) is 10.3. The fourth-order valence-electron chi connectivity index (χ4n) is 3.66. The molecule has 2 aromatic carbocycles. The zero-order chi connectivity index (χ0) is 28.3. The lowest BCUT2D eigenvalue weighted by molar-refractivity contribution is 0.112. The van der Waals surface area contributed by atoms with Crippen LogP contribution in [0.2, 0.25) is 0 Å². The lowest BCUT2D eigenvalue weighted by Crippen LogP contribution is -2.23. The predicted octanol–water partition coefficient (Wildman–Crippen LogP) is 8.37. The number of fused-ring (bicyclic) bond motifs is 1. The molecule has 3 heterocycles. The van der Waals surface area contributed by atoms with Crippen LogP contribution in [0.1, 0.15) is 57.3 Å². The Hall–Kier alpha value is -4.03. The quantitative estimate of drug-likeness (QED) is 0.213. The number of allylic oxidation sites excluding steroid dienone is 2. The Labute approximate surface area is 233 Å². The van der Waals surface area contributed by atoms with Crippen LogP contribution in [0.3, 0.4) is 0 Å². The Morgan fingerprint density at radius 3 is 2.38 bits per heavy atom. The molecule has 1 saturated heterocycles. The highest BCUT2D eigenvalue weighted by molar-refractivity contribution is 5.81. The van der Waals surface area contributed by atoms with Crippen LogP contribution in [0.5, 0.6) is 0 Å². The van der Waals surface area contributed by atoms with Crippen molar-refractivity contribution in [3.8, 4) is 11.3 Å². The number of pyridine rings is 2. The number of aldehydes is 1. The zero-order valence-corrected chi connectivity index (χ0v) is 23.9. The summed E-state index contributed by atoms with van der Waals surface area (Å²) in [6.07, 6.45) is 12.0. The summed E-state index contributed by atoms with van der Waals surface area (Å²) in [5.74, 6) is 0. The Morgan fingerprint density at radius 1 is 0.923 bits per heavy atom. The van der Waals surface area contributed by atoms with Gasteiger partial charge in [-0.1, -0.05) is 38.1 Å². The average molecular weight is 527 g/mol. The van der Waals surface area contributed by atoms with Crippen LogP contribution in [0.15, 0.2) is 91.3 Å². The van der Waals surface area contributed by atoms with Gasteiger partial charge in [-0.25, -0.2) is 4.98 Å². The summed E-state index contributed by atoms with van der Waals surface area (Å²) in [7, 11) is 1.92. The largest absolute Gasteiger partial charge is 0.388 e. The van der Waals surface area contributed by atoms with E-state index in [9.17, 15) is 4.79 Å². The molecule has 0 spiro atoms. The van der Waals surface area contributed by atoms with Gasteiger partial charge in [-0.05, 0) is 87.7 Å². The van der Waals surface area contributed by atoms with Crippen LogP contribution in [0, 0.1) is 0 Å². The Kier molecular flexibility index (Phi) is 14.6. The second kappa shape index (κ2) is 18.3. The van der Waals surface area contributed by atoms with Crippen molar-refractivity contribution in [2.45, 2.75) is 47.0 Å². The summed E-state index contributed by atoms with van der Waals surface area (Å²) >= 11 is 0. The van der Waals surface area contributed by atoms with Crippen molar-refractivity contribution < 1.29 is 9.63 Å². The number of aromatic nitrogens is 2. The molecule has 5 rings (SSSR count). The van der Waals surface area contributed by atoms with E-state index in [1.165, 1.54) is 6.42 Å². The van der Waals surface area contributed by atoms with E-state index in [2.05, 4.69) is 33.5 Å². The fourth-order valence-corrected chi connectivity index (χ4v) is 3.66. The molecule has 1 N–H and O–H groups in total. The third-order valence-electron chi connectivity index (χ3n) is 5.84. The van der Waals surface area contributed by atoms with E-state index in [1.807, 2.05) is 107 Å². The molecule has 0 saturated carbocycles. The fraction of sp³-hybridized carbons (Fsp3) is 0.303. The minimum absolute atomic E-state index is 0.702. The van der Waals surface area contributed by atoms with E-state index in [-0.39, 0.29) is 0 Å². The van der Waals surface area contributed by atoms with Gasteiger partial charge in [-0.2, -0.15) is 0 Å². The molecule has 0 unspecified atom stereocenters. The number of hydrogen-bond acceptors (Lipinski definition) is 6. The van der Waals surface area contributed by atoms with Gasteiger partial charge in [0, 0.05) is 48.2 Å². The van der Waals surface area contributed by atoms with Crippen molar-refractivity contribution in [3.63, 3.8) is 0 Å². The van der Waals surface area contributed by atoms with Gasteiger partial charge in [0.2, 0.25) is 0 Å². The third-order valence-corrected chi connectivity index (χ3v) is 5.84. The van der Waals surface area contributed by atoms with Gasteiger partial charge in [-0.15, -0.1) is 0 Å². The summed E-state index contributed by atoms with van der Waals surface area (Å²) in [6.45, 7) is 9.72. The first kappa shape index (κ1) is 31.2. The summed E-state index contributed by atoms with van der Waals surface area (Å²) in [4.78, 5) is 24.9. The van der Waals surface area contributed by atoms with E-state index >= 15 is 0 Å². The van der Waals surface area contributed by atoms with Crippen LogP contribution in [-0.2, 0) is 4.84 Å². The molecule has 39 heavy (non-hydrogen) atoms. The number of hydroxylamine groups is 1. The predicted molar refractivity (Wildman–Crippen MR) is 165 cm³/mol. The molecular weight excluding hydrogens is 484 g/mol. The van der Waals surface area contributed by atoms with Crippen LogP contribution in [0.25, 0.3) is 22.2 Å². The molecule has 1 aliphatic rings. The molecule has 0 amide bonds. The lowest BCUT2D eigenvalue weighted by Gasteiger charge is -2.21. The van der Waals surface area contributed by atoms with Gasteiger partial charge < -0.3 is 5.32 Å². The number of carbonyl (C=O) groups excluding carboxylic acids is 1. The van der Waals surface area contributed by atoms with Crippen molar-refractivity contribution in [2.75, 3.05) is 30.6 Å².